The molecule has 0 aliphatic heterocycles. The minimum Gasteiger partial charge on any atom is -0.396 e. The predicted molar refractivity (Wildman–Crippen MR) is 73.1 cm³/mol. The number of thiophene rings is 1. The number of carbonyl (C=O) groups is 1. The van der Waals surface area contributed by atoms with Crippen molar-refractivity contribution in [3.05, 3.63) is 20.8 Å². The number of carbonyl (C=O) groups excluding carboxylic acids is 1. The third kappa shape index (κ3) is 6.05. The monoisotopic (exact) mass is 320 g/mol. The molecular formula is C11H17BrN2O2S. The molecule has 6 heteroatoms. The first-order chi connectivity index (χ1) is 8.11. The number of urea groups is 1. The highest BCUT2D eigenvalue weighted by Gasteiger charge is 2.05. The van der Waals surface area contributed by atoms with Gasteiger partial charge < -0.3 is 15.7 Å². The fourth-order valence-corrected chi connectivity index (χ4v) is 2.69. The molecule has 2 amide bonds. The number of rotatable bonds is 6. The Hall–Kier alpha value is -0.590. The second kappa shape index (κ2) is 7.68. The zero-order valence-corrected chi connectivity index (χ0v) is 12.1. The van der Waals surface area contributed by atoms with Gasteiger partial charge in [-0.1, -0.05) is 6.92 Å². The Labute approximate surface area is 114 Å². The number of hydrogen-bond donors (Lipinski definition) is 3. The zero-order chi connectivity index (χ0) is 12.7. The van der Waals surface area contributed by atoms with Crippen molar-refractivity contribution in [3.63, 3.8) is 0 Å². The fourth-order valence-electron chi connectivity index (χ4n) is 1.27. The minimum absolute atomic E-state index is 0.160. The van der Waals surface area contributed by atoms with Crippen LogP contribution in [0.5, 0.6) is 0 Å². The molecule has 3 N–H and O–H groups in total. The molecule has 1 atom stereocenters. The average molecular weight is 321 g/mol. The van der Waals surface area contributed by atoms with Gasteiger partial charge in [0.05, 0.1) is 10.3 Å². The van der Waals surface area contributed by atoms with Crippen molar-refractivity contribution in [3.8, 4) is 0 Å². The predicted octanol–water partition coefficient (Wildman–Crippen LogP) is 2.33. The van der Waals surface area contributed by atoms with Gasteiger partial charge in [-0.25, -0.2) is 4.79 Å². The summed E-state index contributed by atoms with van der Waals surface area (Å²) in [4.78, 5) is 12.5. The van der Waals surface area contributed by atoms with Crippen LogP contribution in [0.15, 0.2) is 15.9 Å². The smallest absolute Gasteiger partial charge is 0.315 e. The van der Waals surface area contributed by atoms with Crippen LogP contribution in [-0.4, -0.2) is 24.3 Å². The number of nitrogens with one attached hydrogen (secondary N) is 2. The Morgan fingerprint density at radius 2 is 2.29 bits per heavy atom. The van der Waals surface area contributed by atoms with Gasteiger partial charge in [0.15, 0.2) is 0 Å². The summed E-state index contributed by atoms with van der Waals surface area (Å²) in [6.07, 6.45) is 0.706. The quantitative estimate of drug-likeness (QED) is 0.753. The van der Waals surface area contributed by atoms with E-state index in [1.165, 1.54) is 0 Å². The van der Waals surface area contributed by atoms with Crippen molar-refractivity contribution in [2.75, 3.05) is 13.2 Å². The van der Waals surface area contributed by atoms with Gasteiger partial charge >= 0.3 is 6.03 Å². The lowest BCUT2D eigenvalue weighted by Gasteiger charge is -2.11. The van der Waals surface area contributed by atoms with Gasteiger partial charge in [0, 0.05) is 18.0 Å². The number of aliphatic hydroxyl groups excluding tert-OH is 1. The van der Waals surface area contributed by atoms with Crippen molar-refractivity contribution in [2.45, 2.75) is 19.9 Å². The first-order valence-corrected chi connectivity index (χ1v) is 7.09. The number of aliphatic hydroxyl groups is 1. The Balaban J connectivity index is 2.17. The van der Waals surface area contributed by atoms with Crippen LogP contribution in [0.3, 0.4) is 0 Å². The van der Waals surface area contributed by atoms with Crippen molar-refractivity contribution < 1.29 is 9.90 Å². The lowest BCUT2D eigenvalue weighted by atomic mass is 10.1. The Kier molecular flexibility index (Phi) is 6.54. The summed E-state index contributed by atoms with van der Waals surface area (Å²) in [5.74, 6) is 0.293. The van der Waals surface area contributed by atoms with E-state index in [1.54, 1.807) is 11.3 Å². The summed E-state index contributed by atoms with van der Waals surface area (Å²) in [5, 5.41) is 14.3. The largest absolute Gasteiger partial charge is 0.396 e. The van der Waals surface area contributed by atoms with Crippen LogP contribution >= 0.6 is 27.3 Å². The van der Waals surface area contributed by atoms with E-state index in [4.69, 9.17) is 5.11 Å². The molecule has 96 valence electrons. The maximum absolute atomic E-state index is 11.4. The first-order valence-electron chi connectivity index (χ1n) is 5.48. The summed E-state index contributed by atoms with van der Waals surface area (Å²) in [7, 11) is 0. The summed E-state index contributed by atoms with van der Waals surface area (Å²) in [5.41, 5.74) is 0. The van der Waals surface area contributed by atoms with Gasteiger partial charge in [-0.2, -0.15) is 0 Å². The Bertz CT molecular complexity index is 357. The molecule has 1 unspecified atom stereocenters. The standard InChI is InChI=1S/C11H17BrN2O2S/c1-8(4-5-15)6-13-11(16)14-7-9-2-3-10(12)17-9/h2-3,8,15H,4-7H2,1H3,(H2,13,14,16). The van der Waals surface area contributed by atoms with Crippen LogP contribution in [0.4, 0.5) is 4.79 Å². The lowest BCUT2D eigenvalue weighted by Crippen LogP contribution is -2.37. The highest BCUT2D eigenvalue weighted by atomic mass is 79.9. The molecule has 0 saturated heterocycles. The van der Waals surface area contributed by atoms with Gasteiger partial charge in [0.1, 0.15) is 0 Å². The van der Waals surface area contributed by atoms with E-state index < -0.39 is 0 Å². The van der Waals surface area contributed by atoms with E-state index in [1.807, 2.05) is 19.1 Å². The highest BCUT2D eigenvalue weighted by Crippen LogP contribution is 2.21. The molecule has 0 fully saturated rings. The number of hydrogen-bond acceptors (Lipinski definition) is 3. The number of amides is 2. The van der Waals surface area contributed by atoms with Crippen LogP contribution in [0, 0.1) is 5.92 Å². The Morgan fingerprint density at radius 3 is 2.88 bits per heavy atom. The Morgan fingerprint density at radius 1 is 1.53 bits per heavy atom. The second-order valence-electron chi connectivity index (χ2n) is 3.89. The lowest BCUT2D eigenvalue weighted by molar-refractivity contribution is 0.233. The van der Waals surface area contributed by atoms with Crippen LogP contribution in [0.2, 0.25) is 0 Å². The van der Waals surface area contributed by atoms with Crippen LogP contribution in [-0.2, 0) is 6.54 Å². The van der Waals surface area contributed by atoms with Gasteiger partial charge in [0.25, 0.3) is 0 Å². The zero-order valence-electron chi connectivity index (χ0n) is 9.70. The molecule has 0 aliphatic rings. The normalized spacial score (nSPS) is 12.2. The van der Waals surface area contributed by atoms with Crippen molar-refractivity contribution in [2.24, 2.45) is 5.92 Å². The molecule has 0 radical (unpaired) electrons. The molecule has 17 heavy (non-hydrogen) atoms. The molecule has 1 aromatic rings. The van der Waals surface area contributed by atoms with Crippen LogP contribution < -0.4 is 10.6 Å². The van der Waals surface area contributed by atoms with Crippen molar-refractivity contribution in [1.29, 1.82) is 0 Å². The molecule has 0 aliphatic carbocycles. The van der Waals surface area contributed by atoms with Crippen molar-refractivity contribution >= 4 is 33.3 Å². The highest BCUT2D eigenvalue weighted by molar-refractivity contribution is 9.11. The van der Waals surface area contributed by atoms with Crippen LogP contribution in [0.1, 0.15) is 18.2 Å². The third-order valence-corrected chi connectivity index (χ3v) is 3.91. The fraction of sp³-hybridized carbons (Fsp3) is 0.545. The summed E-state index contributed by atoms with van der Waals surface area (Å²) < 4.78 is 1.06. The van der Waals surface area contributed by atoms with Gasteiger partial charge in [-0.05, 0) is 40.4 Å². The van der Waals surface area contributed by atoms with Gasteiger partial charge in [-0.3, -0.25) is 0 Å². The average Bonchev–Trinajstić information content (AvgIpc) is 2.70. The van der Waals surface area contributed by atoms with Crippen LogP contribution in [0.25, 0.3) is 0 Å². The van der Waals surface area contributed by atoms with E-state index in [0.29, 0.717) is 25.4 Å². The number of halogens is 1. The molecule has 0 spiro atoms. The maximum atomic E-state index is 11.4. The van der Waals surface area contributed by atoms with E-state index in [9.17, 15) is 4.79 Å². The minimum atomic E-state index is -0.167. The topological polar surface area (TPSA) is 61.4 Å². The van der Waals surface area contributed by atoms with Crippen molar-refractivity contribution in [1.82, 2.24) is 10.6 Å². The van der Waals surface area contributed by atoms with E-state index in [-0.39, 0.29) is 12.6 Å². The van der Waals surface area contributed by atoms with E-state index in [0.717, 1.165) is 8.66 Å². The third-order valence-electron chi connectivity index (χ3n) is 2.29. The maximum Gasteiger partial charge on any atom is 0.315 e. The molecule has 0 saturated carbocycles. The SMILES string of the molecule is CC(CCO)CNC(=O)NCc1ccc(Br)s1. The van der Waals surface area contributed by atoms with E-state index in [2.05, 4.69) is 26.6 Å². The molecule has 1 aromatic heterocycles. The summed E-state index contributed by atoms with van der Waals surface area (Å²) in [6.45, 7) is 3.28. The molecule has 0 aromatic carbocycles. The summed E-state index contributed by atoms with van der Waals surface area (Å²) in [6, 6.07) is 3.77. The molecule has 0 bridgehead atoms. The second-order valence-corrected chi connectivity index (χ2v) is 6.43. The summed E-state index contributed by atoms with van der Waals surface area (Å²) >= 11 is 4.98. The molecular weight excluding hydrogens is 304 g/mol. The molecule has 1 heterocycles. The molecule has 1 rings (SSSR count). The van der Waals surface area contributed by atoms with Gasteiger partial charge in [-0.15, -0.1) is 11.3 Å². The first kappa shape index (κ1) is 14.5. The van der Waals surface area contributed by atoms with E-state index >= 15 is 0 Å². The van der Waals surface area contributed by atoms with Gasteiger partial charge in [0.2, 0.25) is 0 Å². The molecule has 4 nitrogen and oxygen atoms in total.